The molecule has 2 aromatic heterocycles. The smallest absolute Gasteiger partial charge is 0.349 e. The molecule has 0 aliphatic heterocycles. The van der Waals surface area contributed by atoms with E-state index in [1.54, 1.807) is 18.2 Å². The summed E-state index contributed by atoms with van der Waals surface area (Å²) >= 11 is 1.32. The molecule has 1 aliphatic carbocycles. The van der Waals surface area contributed by atoms with Crippen molar-refractivity contribution in [3.8, 4) is 5.69 Å². The topological polar surface area (TPSA) is 73.2 Å². The number of carbonyl (C=O) groups excluding carboxylic acids is 2. The summed E-state index contributed by atoms with van der Waals surface area (Å²) in [6.07, 6.45) is 0.950. The first-order valence-corrected chi connectivity index (χ1v) is 11.0. The second-order valence-corrected chi connectivity index (χ2v) is 8.67. The van der Waals surface area contributed by atoms with E-state index in [2.05, 4.69) is 10.4 Å². The Morgan fingerprint density at radius 1 is 1.10 bits per heavy atom. The molecule has 1 amide bonds. The quantitative estimate of drug-likeness (QED) is 0.454. The number of ether oxygens (including phenoxy) is 1. The number of aryl methyl sites for hydroxylation is 1. The van der Waals surface area contributed by atoms with Crippen molar-refractivity contribution >= 4 is 33.4 Å². The molecule has 0 radical (unpaired) electrons. The number of fused-ring (bicyclic) bond motifs is 1. The lowest BCUT2D eigenvalue weighted by atomic mass is 10.1. The number of esters is 1. The van der Waals surface area contributed by atoms with Gasteiger partial charge in [0.05, 0.1) is 11.4 Å². The van der Waals surface area contributed by atoms with E-state index in [9.17, 15) is 9.59 Å². The number of hydrogen-bond donors (Lipinski definition) is 1. The summed E-state index contributed by atoms with van der Waals surface area (Å²) in [6, 6.07) is 20.9. The normalized spacial score (nSPS) is 14.4. The first-order chi connectivity index (χ1) is 15.1. The minimum absolute atomic E-state index is 0.182. The van der Waals surface area contributed by atoms with Crippen molar-refractivity contribution in [2.45, 2.75) is 31.9 Å². The maximum Gasteiger partial charge on any atom is 0.349 e. The van der Waals surface area contributed by atoms with Crippen LogP contribution in [-0.4, -0.2) is 27.7 Å². The molecule has 1 aliphatic rings. The Morgan fingerprint density at radius 2 is 1.77 bits per heavy atom. The van der Waals surface area contributed by atoms with Crippen molar-refractivity contribution in [2.24, 2.45) is 0 Å². The molecule has 1 atom stereocenters. The number of amides is 1. The van der Waals surface area contributed by atoms with E-state index in [0.29, 0.717) is 10.4 Å². The molecule has 0 spiro atoms. The molecule has 2 heterocycles. The molecule has 2 aromatic carbocycles. The summed E-state index contributed by atoms with van der Waals surface area (Å²) in [6.45, 7) is 1.92. The van der Waals surface area contributed by atoms with Crippen molar-refractivity contribution in [1.29, 1.82) is 0 Å². The van der Waals surface area contributed by atoms with Gasteiger partial charge in [-0.1, -0.05) is 48.5 Å². The van der Waals surface area contributed by atoms with Gasteiger partial charge in [-0.2, -0.15) is 5.10 Å². The molecule has 0 saturated heterocycles. The van der Waals surface area contributed by atoms with Gasteiger partial charge in [0, 0.05) is 17.0 Å². The molecule has 1 N–H and O–H groups in total. The summed E-state index contributed by atoms with van der Waals surface area (Å²) in [5.74, 6) is -0.796. The van der Waals surface area contributed by atoms with E-state index < -0.39 is 12.1 Å². The van der Waals surface area contributed by atoms with Gasteiger partial charge in [0.25, 0.3) is 5.91 Å². The highest BCUT2D eigenvalue weighted by Crippen LogP contribution is 2.32. The number of hydrogen-bond acceptors (Lipinski definition) is 5. The van der Waals surface area contributed by atoms with Crippen LogP contribution in [0.1, 0.15) is 39.9 Å². The molecule has 1 saturated carbocycles. The zero-order chi connectivity index (χ0) is 21.4. The number of nitrogens with zero attached hydrogens (tertiary/aromatic N) is 2. The SMILES string of the molecule is Cc1nn(-c2ccccc2)c2sc(C(=O)OC(C(=O)NC3CC3)c3ccccc3)cc12. The van der Waals surface area contributed by atoms with Crippen molar-refractivity contribution in [3.63, 3.8) is 0 Å². The monoisotopic (exact) mass is 431 g/mol. The highest BCUT2D eigenvalue weighted by atomic mass is 32.1. The number of rotatable bonds is 6. The van der Waals surface area contributed by atoms with Crippen LogP contribution in [0.25, 0.3) is 15.9 Å². The molecule has 1 unspecified atom stereocenters. The van der Waals surface area contributed by atoms with Crippen LogP contribution in [0.4, 0.5) is 0 Å². The molecule has 0 bridgehead atoms. The second-order valence-electron chi connectivity index (χ2n) is 7.64. The third-order valence-corrected chi connectivity index (χ3v) is 6.33. The van der Waals surface area contributed by atoms with Gasteiger partial charge < -0.3 is 10.1 Å². The van der Waals surface area contributed by atoms with Crippen LogP contribution < -0.4 is 5.32 Å². The van der Waals surface area contributed by atoms with Gasteiger partial charge in [0.1, 0.15) is 9.71 Å². The van der Waals surface area contributed by atoms with Crippen molar-refractivity contribution < 1.29 is 14.3 Å². The maximum atomic E-state index is 13.0. The van der Waals surface area contributed by atoms with E-state index in [-0.39, 0.29) is 11.9 Å². The number of aromatic nitrogens is 2. The summed E-state index contributed by atoms with van der Waals surface area (Å²) in [4.78, 5) is 27.1. The van der Waals surface area contributed by atoms with Gasteiger partial charge >= 0.3 is 5.97 Å². The van der Waals surface area contributed by atoms with Crippen molar-refractivity contribution in [2.75, 3.05) is 0 Å². The molecule has 1 fully saturated rings. The molecular formula is C24H21N3O3S. The van der Waals surface area contributed by atoms with E-state index in [1.165, 1.54) is 11.3 Å². The predicted molar refractivity (Wildman–Crippen MR) is 119 cm³/mol. The average molecular weight is 432 g/mol. The van der Waals surface area contributed by atoms with Crippen LogP contribution >= 0.6 is 11.3 Å². The third kappa shape index (κ3) is 3.96. The van der Waals surface area contributed by atoms with Gasteiger partial charge in [-0.25, -0.2) is 9.48 Å². The Morgan fingerprint density at radius 3 is 2.45 bits per heavy atom. The lowest BCUT2D eigenvalue weighted by molar-refractivity contribution is -0.130. The summed E-state index contributed by atoms with van der Waals surface area (Å²) in [5, 5.41) is 8.45. The Kier molecular flexibility index (Phi) is 5.03. The highest BCUT2D eigenvalue weighted by Gasteiger charge is 2.31. The highest BCUT2D eigenvalue weighted by molar-refractivity contribution is 7.20. The molecular weight excluding hydrogens is 410 g/mol. The number of thiophene rings is 1. The number of carbonyl (C=O) groups is 2. The Bertz CT molecular complexity index is 1240. The first kappa shape index (κ1) is 19.5. The van der Waals surface area contributed by atoms with Crippen LogP contribution in [0.15, 0.2) is 66.7 Å². The van der Waals surface area contributed by atoms with Gasteiger partial charge in [-0.15, -0.1) is 11.3 Å². The van der Waals surface area contributed by atoms with Crippen molar-refractivity contribution in [1.82, 2.24) is 15.1 Å². The van der Waals surface area contributed by atoms with E-state index in [4.69, 9.17) is 4.74 Å². The lowest BCUT2D eigenvalue weighted by Gasteiger charge is -2.17. The second kappa shape index (κ2) is 8.00. The minimum atomic E-state index is -0.980. The van der Waals surface area contributed by atoms with Gasteiger partial charge in [-0.3, -0.25) is 4.79 Å². The summed E-state index contributed by atoms with van der Waals surface area (Å²) < 4.78 is 7.56. The first-order valence-electron chi connectivity index (χ1n) is 10.2. The van der Waals surface area contributed by atoms with Gasteiger partial charge in [0.2, 0.25) is 6.10 Å². The summed E-state index contributed by atoms with van der Waals surface area (Å²) in [7, 11) is 0. The fraction of sp³-hybridized carbons (Fsp3) is 0.208. The Hall–Kier alpha value is -3.45. The van der Waals surface area contributed by atoms with Gasteiger partial charge in [-0.05, 0) is 38.0 Å². The molecule has 4 aromatic rings. The largest absolute Gasteiger partial charge is 0.443 e. The van der Waals surface area contributed by atoms with Crippen LogP contribution in [0, 0.1) is 6.92 Å². The van der Waals surface area contributed by atoms with E-state index in [0.717, 1.165) is 34.4 Å². The molecule has 7 heteroatoms. The Labute approximate surface area is 183 Å². The van der Waals surface area contributed by atoms with E-state index >= 15 is 0 Å². The third-order valence-electron chi connectivity index (χ3n) is 5.24. The number of benzene rings is 2. The average Bonchev–Trinajstić information content (AvgIpc) is 3.40. The van der Waals surface area contributed by atoms with Crippen LogP contribution in [-0.2, 0) is 9.53 Å². The molecule has 31 heavy (non-hydrogen) atoms. The molecule has 5 rings (SSSR count). The number of para-hydroxylation sites is 1. The van der Waals surface area contributed by atoms with Crippen LogP contribution in [0.2, 0.25) is 0 Å². The summed E-state index contributed by atoms with van der Waals surface area (Å²) in [5.41, 5.74) is 2.41. The number of nitrogens with one attached hydrogen (secondary N) is 1. The molecule has 156 valence electrons. The lowest BCUT2D eigenvalue weighted by Crippen LogP contribution is -2.33. The fourth-order valence-corrected chi connectivity index (χ4v) is 4.53. The van der Waals surface area contributed by atoms with Gasteiger partial charge in [0.15, 0.2) is 0 Å². The predicted octanol–water partition coefficient (Wildman–Crippen LogP) is 4.57. The van der Waals surface area contributed by atoms with Crippen molar-refractivity contribution in [3.05, 3.63) is 82.9 Å². The zero-order valence-corrected chi connectivity index (χ0v) is 17.8. The van der Waals surface area contributed by atoms with E-state index in [1.807, 2.05) is 60.1 Å². The standard InChI is InChI=1S/C24H21N3O3S/c1-15-19-14-20(31-23(19)27(26-15)18-10-6-3-7-11-18)24(29)30-21(16-8-4-2-5-9-16)22(28)25-17-12-13-17/h2-11,14,17,21H,12-13H2,1H3,(H,25,28). The van der Waals surface area contributed by atoms with Crippen LogP contribution in [0.5, 0.6) is 0 Å². The maximum absolute atomic E-state index is 13.0. The zero-order valence-electron chi connectivity index (χ0n) is 16.9. The Balaban J connectivity index is 1.45. The molecule has 6 nitrogen and oxygen atoms in total. The fourth-order valence-electron chi connectivity index (χ4n) is 3.46. The van der Waals surface area contributed by atoms with Crippen LogP contribution in [0.3, 0.4) is 0 Å². The minimum Gasteiger partial charge on any atom is -0.443 e.